The van der Waals surface area contributed by atoms with E-state index in [9.17, 15) is 18.0 Å². The Bertz CT molecular complexity index is 409. The molecule has 0 spiro atoms. The van der Waals surface area contributed by atoms with Crippen molar-refractivity contribution in [1.29, 1.82) is 0 Å². The van der Waals surface area contributed by atoms with Crippen molar-refractivity contribution in [2.45, 2.75) is 26.3 Å². The number of nitrogens with one attached hydrogen (secondary N) is 1. The highest BCUT2D eigenvalue weighted by molar-refractivity contribution is 7.92. The van der Waals surface area contributed by atoms with Crippen molar-refractivity contribution in [1.82, 2.24) is 5.32 Å². The maximum absolute atomic E-state index is 11.7. The maximum atomic E-state index is 11.7. The van der Waals surface area contributed by atoms with Gasteiger partial charge >= 0.3 is 0 Å². The molecule has 104 valence electrons. The van der Waals surface area contributed by atoms with Gasteiger partial charge in [-0.3, -0.25) is 9.59 Å². The third-order valence-electron chi connectivity index (χ3n) is 2.55. The lowest BCUT2D eigenvalue weighted by atomic mass is 10.1. The second-order valence-electron chi connectivity index (χ2n) is 4.78. The number of sulfone groups is 1. The molecule has 0 bridgehead atoms. The fraction of sp³-hybridized carbons (Fsp3) is 0.818. The lowest BCUT2D eigenvalue weighted by Gasteiger charge is -2.10. The second-order valence-corrected chi connectivity index (χ2v) is 6.85. The van der Waals surface area contributed by atoms with Crippen LogP contribution in [0.15, 0.2) is 0 Å². The molecule has 0 aromatic rings. The van der Waals surface area contributed by atoms with Crippen LogP contribution < -0.4 is 5.32 Å². The smallest absolute Gasteiger partial charge is 0.235 e. The van der Waals surface area contributed by atoms with E-state index in [4.69, 9.17) is 4.74 Å². The second kappa shape index (κ2) is 6.29. The van der Waals surface area contributed by atoms with Crippen molar-refractivity contribution in [3.8, 4) is 0 Å². The summed E-state index contributed by atoms with van der Waals surface area (Å²) in [6.45, 7) is 4.26. The summed E-state index contributed by atoms with van der Waals surface area (Å²) >= 11 is 0. The zero-order valence-electron chi connectivity index (χ0n) is 10.6. The molecular weight excluding hydrogens is 258 g/mol. The molecule has 0 radical (unpaired) electrons. The summed E-state index contributed by atoms with van der Waals surface area (Å²) < 4.78 is 28.4. The van der Waals surface area contributed by atoms with E-state index in [1.165, 1.54) is 0 Å². The van der Waals surface area contributed by atoms with Crippen molar-refractivity contribution in [2.75, 3.05) is 24.7 Å². The Kier molecular flexibility index (Phi) is 5.28. The summed E-state index contributed by atoms with van der Waals surface area (Å²) in [7, 11) is -3.68. The first-order valence-corrected chi connectivity index (χ1v) is 7.72. The average molecular weight is 277 g/mol. The molecule has 1 amide bonds. The highest BCUT2D eigenvalue weighted by atomic mass is 32.2. The number of amides is 1. The van der Waals surface area contributed by atoms with Gasteiger partial charge in [0.05, 0.1) is 6.61 Å². The molecule has 1 saturated heterocycles. The van der Waals surface area contributed by atoms with E-state index in [0.717, 1.165) is 0 Å². The number of carbonyl (C=O) groups excluding carboxylic acids is 2. The van der Waals surface area contributed by atoms with E-state index in [-0.39, 0.29) is 24.3 Å². The van der Waals surface area contributed by atoms with Crippen LogP contribution in [0.5, 0.6) is 0 Å². The molecular formula is C11H19NO5S. The zero-order chi connectivity index (χ0) is 13.8. The van der Waals surface area contributed by atoms with Crippen LogP contribution in [0.2, 0.25) is 0 Å². The van der Waals surface area contributed by atoms with E-state index < -0.39 is 27.3 Å². The predicted molar refractivity (Wildman–Crippen MR) is 65.9 cm³/mol. The third kappa shape index (κ3) is 5.14. The standard InChI is InChI=1S/C11H19NO5S/c1-8(2)12-11(14)7-18(15,16)6-10(13)9-3-4-17-5-9/h8-9H,3-7H2,1-2H3,(H,12,14). The van der Waals surface area contributed by atoms with Crippen LogP contribution in [0, 0.1) is 5.92 Å². The normalized spacial score (nSPS) is 20.1. The van der Waals surface area contributed by atoms with Gasteiger partial charge in [0.1, 0.15) is 11.5 Å². The van der Waals surface area contributed by atoms with Gasteiger partial charge in [0, 0.05) is 18.6 Å². The number of hydrogen-bond donors (Lipinski definition) is 1. The van der Waals surface area contributed by atoms with E-state index >= 15 is 0 Å². The molecule has 1 unspecified atom stereocenters. The first-order chi connectivity index (χ1) is 8.30. The van der Waals surface area contributed by atoms with Crippen molar-refractivity contribution < 1.29 is 22.7 Å². The Morgan fingerprint density at radius 2 is 2.00 bits per heavy atom. The van der Waals surface area contributed by atoms with E-state index in [1.54, 1.807) is 13.8 Å². The van der Waals surface area contributed by atoms with Gasteiger partial charge in [0.2, 0.25) is 5.91 Å². The lowest BCUT2D eigenvalue weighted by molar-refractivity contribution is -0.120. The molecule has 18 heavy (non-hydrogen) atoms. The molecule has 1 atom stereocenters. The van der Waals surface area contributed by atoms with Crippen molar-refractivity contribution in [3.63, 3.8) is 0 Å². The lowest BCUT2D eigenvalue weighted by Crippen LogP contribution is -2.37. The minimum atomic E-state index is -3.68. The highest BCUT2D eigenvalue weighted by Crippen LogP contribution is 2.14. The van der Waals surface area contributed by atoms with Gasteiger partial charge in [-0.05, 0) is 20.3 Å². The molecule has 1 fully saturated rings. The van der Waals surface area contributed by atoms with Crippen LogP contribution in [0.4, 0.5) is 0 Å². The topological polar surface area (TPSA) is 89.5 Å². The molecule has 1 aliphatic heterocycles. The van der Waals surface area contributed by atoms with Crippen LogP contribution in [-0.4, -0.2) is 50.9 Å². The molecule has 6 nitrogen and oxygen atoms in total. The Morgan fingerprint density at radius 3 is 2.50 bits per heavy atom. The summed E-state index contributed by atoms with van der Waals surface area (Å²) in [6.07, 6.45) is 0.562. The Labute approximate surface area is 107 Å². The van der Waals surface area contributed by atoms with Gasteiger partial charge in [-0.1, -0.05) is 0 Å². The monoisotopic (exact) mass is 277 g/mol. The van der Waals surface area contributed by atoms with Gasteiger partial charge < -0.3 is 10.1 Å². The van der Waals surface area contributed by atoms with Crippen LogP contribution >= 0.6 is 0 Å². The summed E-state index contributed by atoms with van der Waals surface area (Å²) in [5, 5.41) is 2.49. The summed E-state index contributed by atoms with van der Waals surface area (Å²) in [5.74, 6) is -2.48. The number of Topliss-reactive ketones (excluding diaryl/α,β-unsaturated/α-hetero) is 1. The summed E-state index contributed by atoms with van der Waals surface area (Å²) in [5.41, 5.74) is 0. The molecule has 0 aliphatic carbocycles. The molecule has 0 saturated carbocycles. The molecule has 1 rings (SSSR count). The molecule has 1 heterocycles. The largest absolute Gasteiger partial charge is 0.381 e. The van der Waals surface area contributed by atoms with Gasteiger partial charge in [-0.25, -0.2) is 8.42 Å². The van der Waals surface area contributed by atoms with Gasteiger partial charge in [-0.15, -0.1) is 0 Å². The van der Waals surface area contributed by atoms with Crippen molar-refractivity contribution in [2.24, 2.45) is 5.92 Å². The fourth-order valence-corrected chi connectivity index (χ4v) is 2.99. The minimum absolute atomic E-state index is 0.119. The first-order valence-electron chi connectivity index (χ1n) is 5.90. The minimum Gasteiger partial charge on any atom is -0.381 e. The highest BCUT2D eigenvalue weighted by Gasteiger charge is 2.28. The van der Waals surface area contributed by atoms with E-state index in [1.807, 2.05) is 0 Å². The van der Waals surface area contributed by atoms with Crippen LogP contribution in [0.25, 0.3) is 0 Å². The summed E-state index contributed by atoms with van der Waals surface area (Å²) in [4.78, 5) is 23.0. The molecule has 0 aromatic carbocycles. The Balaban J connectivity index is 2.48. The number of ketones is 1. The SMILES string of the molecule is CC(C)NC(=O)CS(=O)(=O)CC(=O)C1CCOC1. The Morgan fingerprint density at radius 1 is 1.33 bits per heavy atom. The zero-order valence-corrected chi connectivity index (χ0v) is 11.5. The van der Waals surface area contributed by atoms with Crippen molar-refractivity contribution in [3.05, 3.63) is 0 Å². The van der Waals surface area contributed by atoms with Crippen LogP contribution in [0.1, 0.15) is 20.3 Å². The molecule has 1 aliphatic rings. The average Bonchev–Trinajstić information content (AvgIpc) is 2.65. The first kappa shape index (κ1) is 15.1. The maximum Gasteiger partial charge on any atom is 0.235 e. The number of carbonyl (C=O) groups is 2. The molecule has 0 aromatic heterocycles. The van der Waals surface area contributed by atoms with Gasteiger partial charge in [0.15, 0.2) is 15.6 Å². The number of hydrogen-bond acceptors (Lipinski definition) is 5. The van der Waals surface area contributed by atoms with E-state index in [0.29, 0.717) is 13.0 Å². The fourth-order valence-electron chi connectivity index (χ4n) is 1.74. The molecule has 7 heteroatoms. The third-order valence-corrected chi connectivity index (χ3v) is 3.97. The van der Waals surface area contributed by atoms with Crippen molar-refractivity contribution >= 4 is 21.5 Å². The quantitative estimate of drug-likeness (QED) is 0.709. The van der Waals surface area contributed by atoms with Gasteiger partial charge in [0.25, 0.3) is 0 Å². The number of rotatable bonds is 6. The van der Waals surface area contributed by atoms with E-state index in [2.05, 4.69) is 5.32 Å². The number of ether oxygens (including phenoxy) is 1. The van der Waals surface area contributed by atoms with Gasteiger partial charge in [-0.2, -0.15) is 0 Å². The van der Waals surface area contributed by atoms with Crippen LogP contribution in [0.3, 0.4) is 0 Å². The van der Waals surface area contributed by atoms with Crippen LogP contribution in [-0.2, 0) is 24.2 Å². The Hall–Kier alpha value is -0.950. The molecule has 1 N–H and O–H groups in total. The summed E-state index contributed by atoms with van der Waals surface area (Å²) in [6, 6.07) is -0.119. The predicted octanol–water partition coefficient (Wildman–Crippen LogP) is -0.469.